The molecule has 62 heavy (non-hydrogen) atoms. The van der Waals surface area contributed by atoms with Gasteiger partial charge in [-0.2, -0.15) is 5.10 Å². The fourth-order valence-corrected chi connectivity index (χ4v) is 9.44. The van der Waals surface area contributed by atoms with E-state index in [1.807, 2.05) is 39.0 Å². The van der Waals surface area contributed by atoms with Crippen molar-refractivity contribution in [3.05, 3.63) is 53.9 Å². The number of pyridine rings is 1. The van der Waals surface area contributed by atoms with Gasteiger partial charge < -0.3 is 35.1 Å². The summed E-state index contributed by atoms with van der Waals surface area (Å²) in [6.07, 6.45) is 8.22. The van der Waals surface area contributed by atoms with Crippen LogP contribution in [0.15, 0.2) is 42.6 Å². The molecule has 4 heterocycles. The van der Waals surface area contributed by atoms with E-state index < -0.39 is 68.0 Å². The largest absolute Gasteiger partial charge is 0.496 e. The number of allylic oxidation sites excluding steroid dienone is 1. The van der Waals surface area contributed by atoms with Crippen molar-refractivity contribution in [3.63, 3.8) is 0 Å². The zero-order valence-electron chi connectivity index (χ0n) is 36.0. The molecule has 2 aliphatic heterocycles. The Bertz CT molecular complexity index is 2400. The van der Waals surface area contributed by atoms with Gasteiger partial charge >= 0.3 is 0 Å². The van der Waals surface area contributed by atoms with Gasteiger partial charge in [0.1, 0.15) is 47.5 Å². The van der Waals surface area contributed by atoms with E-state index in [0.717, 1.165) is 12.0 Å². The van der Waals surface area contributed by atoms with Gasteiger partial charge in [-0.05, 0) is 84.4 Å². The Morgan fingerprint density at radius 2 is 1.85 bits per heavy atom. The summed E-state index contributed by atoms with van der Waals surface area (Å²) < 4.78 is 47.3. The van der Waals surface area contributed by atoms with Gasteiger partial charge in [0.05, 0.1) is 30.0 Å². The van der Waals surface area contributed by atoms with Gasteiger partial charge in [0.25, 0.3) is 11.8 Å². The van der Waals surface area contributed by atoms with Crippen molar-refractivity contribution >= 4 is 50.5 Å². The number of amides is 5. The summed E-state index contributed by atoms with van der Waals surface area (Å²) in [5.74, 6) is -2.14. The topological polar surface area (TPSA) is 229 Å². The average Bonchev–Trinajstić information content (AvgIpc) is 4.01. The highest BCUT2D eigenvalue weighted by Crippen LogP contribution is 2.47. The molecule has 19 heteroatoms. The predicted octanol–water partition coefficient (Wildman–Crippen LogP) is 2.82. The number of carbonyl (C=O) groups excluding carboxylic acids is 5. The van der Waals surface area contributed by atoms with Crippen LogP contribution in [0.4, 0.5) is 0 Å². The van der Waals surface area contributed by atoms with Crippen molar-refractivity contribution in [2.24, 2.45) is 5.92 Å². The number of hydrogen-bond acceptors (Lipinski definition) is 12. The van der Waals surface area contributed by atoms with Crippen LogP contribution in [0.2, 0.25) is 0 Å². The van der Waals surface area contributed by atoms with Crippen LogP contribution in [0.25, 0.3) is 10.9 Å². The molecule has 0 radical (unpaired) electrons. The molecule has 1 saturated heterocycles. The van der Waals surface area contributed by atoms with Crippen molar-refractivity contribution in [1.82, 2.24) is 40.3 Å². The number of hydrogen-bond donors (Lipinski definition) is 4. The van der Waals surface area contributed by atoms with E-state index in [-0.39, 0.29) is 50.1 Å². The summed E-state index contributed by atoms with van der Waals surface area (Å²) in [6, 6.07) is 4.47. The van der Waals surface area contributed by atoms with Crippen LogP contribution < -0.4 is 34.9 Å². The normalized spacial score (nSPS) is 25.3. The smallest absolute Gasteiger partial charge is 0.272 e. The molecule has 5 atom stereocenters. The Hall–Kier alpha value is -5.72. The van der Waals surface area contributed by atoms with Gasteiger partial charge in [0, 0.05) is 42.6 Å². The van der Waals surface area contributed by atoms with E-state index in [9.17, 15) is 32.4 Å². The Morgan fingerprint density at radius 3 is 2.56 bits per heavy atom. The lowest BCUT2D eigenvalue weighted by molar-refractivity contribution is -0.141. The lowest BCUT2D eigenvalue weighted by atomic mass is 10.0. The number of carbonyl (C=O) groups is 5. The third-order valence-electron chi connectivity index (χ3n) is 12.2. The van der Waals surface area contributed by atoms with E-state index in [2.05, 4.69) is 25.8 Å². The highest BCUT2D eigenvalue weighted by molar-refractivity contribution is 7.91. The maximum absolute atomic E-state index is 14.9. The number of rotatable bonds is 12. The molecule has 4 aliphatic rings. The zero-order chi connectivity index (χ0) is 44.6. The van der Waals surface area contributed by atoms with Crippen LogP contribution in [0, 0.1) is 12.8 Å². The first-order valence-corrected chi connectivity index (χ1v) is 22.7. The Morgan fingerprint density at radius 1 is 1.08 bits per heavy atom. The molecule has 3 aromatic rings. The van der Waals surface area contributed by atoms with Crippen molar-refractivity contribution in [2.75, 3.05) is 20.7 Å². The molecule has 5 amide bonds. The summed E-state index contributed by atoms with van der Waals surface area (Å²) in [7, 11) is -0.975. The number of aryl methyl sites for hydroxylation is 1. The van der Waals surface area contributed by atoms with Crippen LogP contribution in [-0.4, -0.2) is 113 Å². The monoisotopic (exact) mass is 876 g/mol. The van der Waals surface area contributed by atoms with Gasteiger partial charge in [0.15, 0.2) is 0 Å². The maximum atomic E-state index is 14.9. The van der Waals surface area contributed by atoms with Gasteiger partial charge in [-0.1, -0.05) is 25.0 Å². The molecule has 2 saturated carbocycles. The summed E-state index contributed by atoms with van der Waals surface area (Å²) >= 11 is 0. The number of benzene rings is 1. The number of nitrogens with zero attached hydrogens (tertiary/aromatic N) is 4. The van der Waals surface area contributed by atoms with E-state index in [1.54, 1.807) is 26.2 Å². The molecule has 4 N–H and O–H groups in total. The second-order valence-corrected chi connectivity index (χ2v) is 19.4. The Kier molecular flexibility index (Phi) is 12.6. The highest BCUT2D eigenvalue weighted by atomic mass is 32.2. The molecule has 334 valence electrons. The van der Waals surface area contributed by atoms with Crippen molar-refractivity contribution in [1.29, 1.82) is 0 Å². The van der Waals surface area contributed by atoms with Crippen LogP contribution in [-0.2, 0) is 35.7 Å². The summed E-state index contributed by atoms with van der Waals surface area (Å²) in [4.78, 5) is 75.3. The number of nitrogens with one attached hydrogen (secondary N) is 4. The van der Waals surface area contributed by atoms with Crippen molar-refractivity contribution < 1.29 is 46.6 Å². The minimum Gasteiger partial charge on any atom is -0.496 e. The molecule has 18 nitrogen and oxygen atoms in total. The SMILES string of the molecule is CNC(=O)Cn1ccc(C(=O)N[C@H]2CCCCC/C=C\[C@@H]3C[C@@]3(C(=O)NS(=O)(=O)C3(C)CC3)NC(=O)C3C[C@@H](Oc4cc(OC(C)C)nc5c(C)c(OC)ccc45)CN3C2=O)n1. The van der Waals surface area contributed by atoms with E-state index in [1.165, 1.54) is 28.9 Å². The van der Waals surface area contributed by atoms with Gasteiger partial charge in [-0.25, -0.2) is 13.4 Å². The van der Waals surface area contributed by atoms with Crippen LogP contribution in [0.5, 0.6) is 17.4 Å². The molecule has 7 rings (SSSR count). The maximum Gasteiger partial charge on any atom is 0.272 e. The summed E-state index contributed by atoms with van der Waals surface area (Å²) in [6.45, 7) is 7.02. The predicted molar refractivity (Wildman–Crippen MR) is 227 cm³/mol. The Balaban J connectivity index is 1.22. The number of sulfonamides is 1. The van der Waals surface area contributed by atoms with E-state index in [4.69, 9.17) is 19.2 Å². The zero-order valence-corrected chi connectivity index (χ0v) is 36.8. The number of fused-ring (bicyclic) bond motifs is 3. The molecule has 2 aromatic heterocycles. The van der Waals surface area contributed by atoms with Crippen molar-refractivity contribution in [3.8, 4) is 17.4 Å². The average molecular weight is 877 g/mol. The third-order valence-corrected chi connectivity index (χ3v) is 14.4. The minimum atomic E-state index is -4.03. The molecule has 0 spiro atoms. The number of aromatic nitrogens is 3. The van der Waals surface area contributed by atoms with E-state index in [0.29, 0.717) is 60.4 Å². The molecule has 1 unspecified atom stereocenters. The second kappa shape index (κ2) is 17.6. The second-order valence-electron chi connectivity index (χ2n) is 17.2. The molecule has 3 fully saturated rings. The molecule has 0 bridgehead atoms. The third kappa shape index (κ3) is 9.22. The standard InChI is InChI=1S/C43H56N8O10S/c1-25(2)60-36-21-34(29-14-15-33(59-6)26(3)37(29)46-36)61-28-20-32-39(54)47-43(41(56)49-62(57,58)42(4)17-18-42)22-27(43)12-10-8-7-9-11-13-31(40(55)51(32)23-28)45-38(53)30-16-19-50(48-30)24-35(52)44-5/h10,12,14-16,19,21,25,27-28,31-32H,7-9,11,13,17-18,20,22-24H2,1-6H3,(H,44,52)(H,45,53)(H,47,54)(H,49,56)/b12-10-/t27-,28-,31+,32?,43-/m1/s1. The fraction of sp³-hybridized carbons (Fsp3) is 0.558. The van der Waals surface area contributed by atoms with Crippen LogP contribution >= 0.6 is 0 Å². The molecule has 2 aliphatic carbocycles. The van der Waals surface area contributed by atoms with Gasteiger partial charge in [0.2, 0.25) is 33.6 Å². The first kappa shape index (κ1) is 44.3. The number of ether oxygens (including phenoxy) is 3. The lowest BCUT2D eigenvalue weighted by Crippen LogP contribution is -2.58. The van der Waals surface area contributed by atoms with Crippen LogP contribution in [0.1, 0.15) is 94.6 Å². The first-order valence-electron chi connectivity index (χ1n) is 21.2. The van der Waals surface area contributed by atoms with E-state index >= 15 is 0 Å². The Labute approximate surface area is 360 Å². The fourth-order valence-electron chi connectivity index (χ4n) is 8.13. The first-order chi connectivity index (χ1) is 29.5. The quantitative estimate of drug-likeness (QED) is 0.193. The van der Waals surface area contributed by atoms with Gasteiger partial charge in [-0.3, -0.25) is 33.4 Å². The minimum absolute atomic E-state index is 0.00157. The van der Waals surface area contributed by atoms with Gasteiger partial charge in [-0.15, -0.1) is 0 Å². The number of likely N-dealkylation sites (N-methyl/N-ethyl adjacent to an activating group) is 1. The number of methoxy groups -OCH3 is 1. The molecule has 1 aromatic carbocycles. The lowest BCUT2D eigenvalue weighted by Gasteiger charge is -2.30. The highest BCUT2D eigenvalue weighted by Gasteiger charge is 2.63. The summed E-state index contributed by atoms with van der Waals surface area (Å²) in [5, 5.41) is 13.1. The molecular weight excluding hydrogens is 821 g/mol. The van der Waals surface area contributed by atoms with Crippen LogP contribution in [0.3, 0.4) is 0 Å². The molecular formula is C43H56N8O10S. The summed E-state index contributed by atoms with van der Waals surface area (Å²) in [5.41, 5.74) is -0.236. The van der Waals surface area contributed by atoms with Crippen molar-refractivity contribution in [2.45, 2.75) is 127 Å².